The SMILES string of the molecule is Cn1c(=O)n(CC2CC2(F)F)c2ccc(C3=CC4CCC3CN4C(=O)c3ccon3)nc21. The Kier molecular flexibility index (Phi) is 4.00. The van der Waals surface area contributed by atoms with Gasteiger partial charge in [0.05, 0.1) is 17.3 Å². The van der Waals surface area contributed by atoms with E-state index in [2.05, 4.69) is 11.2 Å². The van der Waals surface area contributed by atoms with Crippen LogP contribution in [0.25, 0.3) is 16.7 Å². The molecule has 0 N–H and O–H groups in total. The standard InChI is InChI=1S/C22H21F2N5O3/c1-27-19-18(29(21(27)31)11-13-9-22(13,23)24)5-4-16(25-19)15-8-14-3-2-12(15)10-28(14)20(30)17-6-7-32-26-17/h4-8,12-14H,2-3,9-11H2,1H3. The molecular formula is C22H21F2N5O3. The fourth-order valence-corrected chi connectivity index (χ4v) is 5.06. The number of piperidine rings is 1. The van der Waals surface area contributed by atoms with Crippen LogP contribution in [0.4, 0.5) is 8.78 Å². The topological polar surface area (TPSA) is 86.2 Å². The highest BCUT2D eigenvalue weighted by molar-refractivity contribution is 5.93. The summed E-state index contributed by atoms with van der Waals surface area (Å²) in [7, 11) is 1.61. The fourth-order valence-electron chi connectivity index (χ4n) is 5.06. The molecule has 0 radical (unpaired) electrons. The fraction of sp³-hybridized carbons (Fsp3) is 0.455. The Morgan fingerprint density at radius 1 is 1.28 bits per heavy atom. The van der Waals surface area contributed by atoms with Crippen LogP contribution in [0.3, 0.4) is 0 Å². The molecule has 2 fully saturated rings. The summed E-state index contributed by atoms with van der Waals surface area (Å²) in [5.41, 5.74) is 2.81. The van der Waals surface area contributed by atoms with E-state index in [0.29, 0.717) is 23.4 Å². The molecule has 0 aromatic carbocycles. The first-order valence-corrected chi connectivity index (χ1v) is 10.7. The minimum atomic E-state index is -2.68. The summed E-state index contributed by atoms with van der Waals surface area (Å²) in [5.74, 6) is -3.50. The number of imidazole rings is 1. The summed E-state index contributed by atoms with van der Waals surface area (Å²) in [5, 5.41) is 3.76. The molecule has 8 nitrogen and oxygen atoms in total. The van der Waals surface area contributed by atoms with E-state index >= 15 is 0 Å². The molecular weight excluding hydrogens is 420 g/mol. The van der Waals surface area contributed by atoms with Crippen molar-refractivity contribution in [3.05, 3.63) is 52.4 Å². The van der Waals surface area contributed by atoms with Gasteiger partial charge in [-0.05, 0) is 30.5 Å². The number of aryl methyl sites for hydroxylation is 1. The maximum atomic E-state index is 13.4. The number of pyridine rings is 1. The minimum Gasteiger partial charge on any atom is -0.364 e. The molecule has 166 valence electrons. The highest BCUT2D eigenvalue weighted by atomic mass is 19.3. The number of alkyl halides is 2. The van der Waals surface area contributed by atoms with E-state index in [1.165, 1.54) is 15.4 Å². The van der Waals surface area contributed by atoms with E-state index in [9.17, 15) is 18.4 Å². The highest BCUT2D eigenvalue weighted by Gasteiger charge is 2.57. The second-order valence-corrected chi connectivity index (χ2v) is 8.96. The van der Waals surface area contributed by atoms with Crippen LogP contribution in [0.5, 0.6) is 0 Å². The molecule has 1 saturated heterocycles. The maximum Gasteiger partial charge on any atom is 0.330 e. The number of carbonyl (C=O) groups is 1. The molecule has 3 atom stereocenters. The van der Waals surface area contributed by atoms with Gasteiger partial charge in [0.15, 0.2) is 11.3 Å². The van der Waals surface area contributed by atoms with Crippen LogP contribution in [0, 0.1) is 11.8 Å². The van der Waals surface area contributed by atoms with Crippen LogP contribution in [0.2, 0.25) is 0 Å². The van der Waals surface area contributed by atoms with E-state index < -0.39 is 11.8 Å². The predicted octanol–water partition coefficient (Wildman–Crippen LogP) is 2.70. The van der Waals surface area contributed by atoms with E-state index in [1.807, 2.05) is 11.0 Å². The average Bonchev–Trinajstić information content (AvgIpc) is 3.13. The monoisotopic (exact) mass is 441 g/mol. The Bertz CT molecular complexity index is 1320. The summed E-state index contributed by atoms with van der Waals surface area (Å²) in [6.07, 6.45) is 5.08. The van der Waals surface area contributed by atoms with Crippen LogP contribution in [0.1, 0.15) is 35.4 Å². The first kappa shape index (κ1) is 19.4. The molecule has 32 heavy (non-hydrogen) atoms. The zero-order valence-corrected chi connectivity index (χ0v) is 17.4. The van der Waals surface area contributed by atoms with Crippen LogP contribution < -0.4 is 5.69 Å². The number of hydrogen-bond donors (Lipinski definition) is 0. The van der Waals surface area contributed by atoms with Crippen LogP contribution in [-0.2, 0) is 13.6 Å². The lowest BCUT2D eigenvalue weighted by atomic mass is 9.78. The van der Waals surface area contributed by atoms with Crippen molar-refractivity contribution in [1.29, 1.82) is 0 Å². The van der Waals surface area contributed by atoms with Crippen molar-refractivity contribution in [1.82, 2.24) is 24.2 Å². The summed E-state index contributed by atoms with van der Waals surface area (Å²) in [6, 6.07) is 5.15. The summed E-state index contributed by atoms with van der Waals surface area (Å²) >= 11 is 0. The second kappa shape index (κ2) is 6.60. The normalized spacial score (nSPS) is 25.9. The Hall–Kier alpha value is -3.30. The summed E-state index contributed by atoms with van der Waals surface area (Å²) < 4.78 is 34.4. The first-order valence-electron chi connectivity index (χ1n) is 10.7. The average molecular weight is 441 g/mol. The number of halogens is 2. The first-order chi connectivity index (χ1) is 15.3. The van der Waals surface area contributed by atoms with E-state index in [1.54, 1.807) is 19.2 Å². The highest BCUT2D eigenvalue weighted by Crippen LogP contribution is 2.49. The number of fused-ring (bicyclic) bond motifs is 3. The van der Waals surface area contributed by atoms with Crippen molar-refractivity contribution in [2.24, 2.45) is 18.9 Å². The third kappa shape index (κ3) is 2.85. The van der Waals surface area contributed by atoms with Gasteiger partial charge in [0.25, 0.3) is 11.8 Å². The number of amides is 1. The second-order valence-electron chi connectivity index (χ2n) is 8.96. The largest absolute Gasteiger partial charge is 0.364 e. The Morgan fingerprint density at radius 3 is 2.75 bits per heavy atom. The molecule has 3 unspecified atom stereocenters. The number of aromatic nitrogens is 4. The van der Waals surface area contributed by atoms with Gasteiger partial charge in [0, 0.05) is 44.5 Å². The van der Waals surface area contributed by atoms with Crippen molar-refractivity contribution in [2.75, 3.05) is 6.54 Å². The molecule has 7 rings (SSSR count). The molecule has 3 aromatic heterocycles. The maximum absolute atomic E-state index is 13.4. The van der Waals surface area contributed by atoms with Crippen molar-refractivity contribution in [3.8, 4) is 0 Å². The molecule has 2 bridgehead atoms. The van der Waals surface area contributed by atoms with Crippen molar-refractivity contribution < 1.29 is 18.1 Å². The van der Waals surface area contributed by atoms with Gasteiger partial charge in [-0.15, -0.1) is 0 Å². The van der Waals surface area contributed by atoms with E-state index in [0.717, 1.165) is 24.1 Å². The van der Waals surface area contributed by atoms with Crippen molar-refractivity contribution in [2.45, 2.75) is 37.8 Å². The molecule has 2 aliphatic carbocycles. The Morgan fingerprint density at radius 2 is 2.09 bits per heavy atom. The van der Waals surface area contributed by atoms with Gasteiger partial charge in [-0.2, -0.15) is 0 Å². The molecule has 3 aromatic rings. The van der Waals surface area contributed by atoms with Gasteiger partial charge in [-0.1, -0.05) is 11.2 Å². The van der Waals surface area contributed by atoms with E-state index in [-0.39, 0.29) is 36.5 Å². The lowest BCUT2D eigenvalue weighted by Gasteiger charge is -2.44. The molecule has 5 heterocycles. The van der Waals surface area contributed by atoms with Crippen LogP contribution in [0.15, 0.2) is 39.9 Å². The molecule has 4 aliphatic rings. The number of hydrogen-bond acceptors (Lipinski definition) is 5. The van der Waals surface area contributed by atoms with Crippen molar-refractivity contribution in [3.63, 3.8) is 0 Å². The third-order valence-corrected chi connectivity index (χ3v) is 6.99. The van der Waals surface area contributed by atoms with Gasteiger partial charge in [-0.25, -0.2) is 18.6 Å². The molecule has 2 aliphatic heterocycles. The summed E-state index contributed by atoms with van der Waals surface area (Å²) in [4.78, 5) is 32.0. The molecule has 0 spiro atoms. The van der Waals surface area contributed by atoms with Gasteiger partial charge in [-0.3, -0.25) is 13.9 Å². The van der Waals surface area contributed by atoms with Gasteiger partial charge in [0.2, 0.25) is 0 Å². The van der Waals surface area contributed by atoms with Crippen LogP contribution in [-0.4, -0.2) is 48.6 Å². The van der Waals surface area contributed by atoms with Crippen LogP contribution >= 0.6 is 0 Å². The molecule has 1 amide bonds. The predicted molar refractivity (Wildman–Crippen MR) is 110 cm³/mol. The lowest BCUT2D eigenvalue weighted by molar-refractivity contribution is 0.0599. The van der Waals surface area contributed by atoms with Gasteiger partial charge in [0.1, 0.15) is 6.26 Å². The molecule has 10 heteroatoms. The zero-order chi connectivity index (χ0) is 22.2. The van der Waals surface area contributed by atoms with Gasteiger partial charge >= 0.3 is 5.69 Å². The molecule has 1 saturated carbocycles. The Balaban J connectivity index is 1.33. The quantitative estimate of drug-likeness (QED) is 0.622. The number of nitrogens with zero attached hydrogens (tertiary/aromatic N) is 5. The Labute approximate surface area is 181 Å². The number of carbonyl (C=O) groups excluding carboxylic acids is 1. The van der Waals surface area contributed by atoms with E-state index in [4.69, 9.17) is 9.51 Å². The minimum absolute atomic E-state index is 0.00326. The van der Waals surface area contributed by atoms with Crippen molar-refractivity contribution >= 4 is 22.6 Å². The summed E-state index contributed by atoms with van der Waals surface area (Å²) in [6.45, 7) is 0.565. The number of rotatable bonds is 4. The van der Waals surface area contributed by atoms with Gasteiger partial charge < -0.3 is 9.42 Å². The zero-order valence-electron chi connectivity index (χ0n) is 17.4. The third-order valence-electron chi connectivity index (χ3n) is 6.99. The smallest absolute Gasteiger partial charge is 0.330 e. The lowest BCUT2D eigenvalue weighted by Crippen LogP contribution is -2.49.